The highest BCUT2D eigenvalue weighted by Gasteiger charge is 2.17. The Kier molecular flexibility index (Phi) is 4.24. The molecule has 0 amide bonds. The Hall–Kier alpha value is -2.14. The first-order valence-corrected chi connectivity index (χ1v) is 7.67. The molecule has 116 valence electrons. The number of hydrogen-bond donors (Lipinski definition) is 1. The molecule has 1 fully saturated rings. The van der Waals surface area contributed by atoms with Crippen LogP contribution >= 0.6 is 0 Å². The summed E-state index contributed by atoms with van der Waals surface area (Å²) < 4.78 is 7.14. The highest BCUT2D eigenvalue weighted by atomic mass is 16.5. The van der Waals surface area contributed by atoms with E-state index in [2.05, 4.69) is 10.1 Å². The summed E-state index contributed by atoms with van der Waals surface area (Å²) in [7, 11) is 0. The zero-order valence-corrected chi connectivity index (χ0v) is 13.0. The number of aryl methyl sites for hydroxylation is 1. The summed E-state index contributed by atoms with van der Waals surface area (Å²) >= 11 is 0. The van der Waals surface area contributed by atoms with Crippen molar-refractivity contribution in [3.8, 4) is 5.69 Å². The maximum Gasteiger partial charge on any atom is 0.280 e. The summed E-state index contributed by atoms with van der Waals surface area (Å²) in [6, 6.07) is 9.56. The first-order valence-electron chi connectivity index (χ1n) is 7.67. The molecule has 5 heteroatoms. The van der Waals surface area contributed by atoms with Crippen LogP contribution in [0.3, 0.4) is 0 Å². The number of H-pyrrole nitrogens is 1. The summed E-state index contributed by atoms with van der Waals surface area (Å²) in [4.78, 5) is 17.2. The van der Waals surface area contributed by atoms with Gasteiger partial charge in [-0.25, -0.2) is 4.68 Å². The quantitative estimate of drug-likeness (QED) is 0.882. The van der Waals surface area contributed by atoms with E-state index in [0.717, 1.165) is 36.5 Å². The van der Waals surface area contributed by atoms with Gasteiger partial charge in [-0.3, -0.25) is 14.9 Å². The van der Waals surface area contributed by atoms with Gasteiger partial charge < -0.3 is 4.74 Å². The molecule has 22 heavy (non-hydrogen) atoms. The van der Waals surface area contributed by atoms with Crippen LogP contribution in [-0.4, -0.2) is 34.7 Å². The topological polar surface area (TPSA) is 59.4 Å². The third-order valence-electron chi connectivity index (χ3n) is 4.00. The molecule has 1 unspecified atom stereocenters. The molecule has 1 aliphatic rings. The van der Waals surface area contributed by atoms with Gasteiger partial charge in [0, 0.05) is 18.0 Å². The van der Waals surface area contributed by atoms with Crippen LogP contribution in [0.5, 0.6) is 0 Å². The van der Waals surface area contributed by atoms with Gasteiger partial charge in [0.05, 0.1) is 23.9 Å². The number of nitrogens with zero attached hydrogens (tertiary/aromatic N) is 2. The van der Waals surface area contributed by atoms with Crippen molar-refractivity contribution >= 4 is 5.71 Å². The Labute approximate surface area is 129 Å². The fourth-order valence-corrected chi connectivity index (χ4v) is 2.84. The predicted molar refractivity (Wildman–Crippen MR) is 87.2 cm³/mol. The number of para-hydroxylation sites is 1. The summed E-state index contributed by atoms with van der Waals surface area (Å²) in [5, 5.41) is 3.13. The minimum absolute atomic E-state index is 0.0581. The lowest BCUT2D eigenvalue weighted by molar-refractivity contribution is 0.118. The summed E-state index contributed by atoms with van der Waals surface area (Å²) in [5.41, 5.74) is 3.03. The predicted octanol–water partition coefficient (Wildman–Crippen LogP) is 2.46. The molecule has 0 radical (unpaired) electrons. The average molecular weight is 299 g/mol. The van der Waals surface area contributed by atoms with Crippen LogP contribution in [0.1, 0.15) is 31.0 Å². The van der Waals surface area contributed by atoms with E-state index in [-0.39, 0.29) is 11.7 Å². The number of aromatic nitrogens is 2. The van der Waals surface area contributed by atoms with Gasteiger partial charge in [-0.1, -0.05) is 18.2 Å². The number of aromatic amines is 1. The van der Waals surface area contributed by atoms with Crippen molar-refractivity contribution in [2.45, 2.75) is 32.8 Å². The van der Waals surface area contributed by atoms with Crippen molar-refractivity contribution in [1.82, 2.24) is 9.78 Å². The largest absolute Gasteiger partial charge is 0.376 e. The van der Waals surface area contributed by atoms with Gasteiger partial charge >= 0.3 is 0 Å². The Balaban J connectivity index is 1.89. The van der Waals surface area contributed by atoms with Crippen molar-refractivity contribution in [1.29, 1.82) is 0 Å². The van der Waals surface area contributed by atoms with Crippen molar-refractivity contribution < 1.29 is 4.74 Å². The molecule has 1 atom stereocenters. The highest BCUT2D eigenvalue weighted by Crippen LogP contribution is 2.13. The maximum absolute atomic E-state index is 12.6. The molecule has 1 aliphatic heterocycles. The van der Waals surface area contributed by atoms with Gasteiger partial charge in [0.1, 0.15) is 0 Å². The molecule has 1 N–H and O–H groups in total. The first-order chi connectivity index (χ1) is 10.7. The molecule has 3 rings (SSSR count). The molecule has 2 aromatic rings. The molecule has 5 nitrogen and oxygen atoms in total. The van der Waals surface area contributed by atoms with E-state index in [1.165, 1.54) is 0 Å². The van der Waals surface area contributed by atoms with Gasteiger partial charge in [0.2, 0.25) is 0 Å². The SMILES string of the molecule is CC(=NCC1CCCO1)c1c(C)[nH]n(-c2ccccc2)c1=O. The lowest BCUT2D eigenvalue weighted by Crippen LogP contribution is -2.20. The number of ether oxygens (including phenoxy) is 1. The number of nitrogens with one attached hydrogen (secondary N) is 1. The zero-order chi connectivity index (χ0) is 15.5. The molecule has 1 saturated heterocycles. The fourth-order valence-electron chi connectivity index (χ4n) is 2.84. The molecule has 0 spiro atoms. The minimum Gasteiger partial charge on any atom is -0.376 e. The zero-order valence-electron chi connectivity index (χ0n) is 13.0. The fraction of sp³-hybridized carbons (Fsp3) is 0.412. The molecule has 0 saturated carbocycles. The van der Waals surface area contributed by atoms with Crippen molar-refractivity contribution in [2.24, 2.45) is 4.99 Å². The molecular formula is C17H21N3O2. The van der Waals surface area contributed by atoms with E-state index in [1.54, 1.807) is 4.68 Å². The van der Waals surface area contributed by atoms with E-state index < -0.39 is 0 Å². The van der Waals surface area contributed by atoms with Crippen LogP contribution in [0.25, 0.3) is 5.69 Å². The van der Waals surface area contributed by atoms with Gasteiger partial charge in [-0.15, -0.1) is 0 Å². The lowest BCUT2D eigenvalue weighted by Gasteiger charge is -2.05. The molecule has 1 aromatic carbocycles. The van der Waals surface area contributed by atoms with Gasteiger partial charge in [-0.2, -0.15) is 0 Å². The summed E-state index contributed by atoms with van der Waals surface area (Å²) in [6.07, 6.45) is 2.35. The second-order valence-corrected chi connectivity index (χ2v) is 5.65. The molecule has 0 aliphatic carbocycles. The number of hydrogen-bond acceptors (Lipinski definition) is 3. The van der Waals surface area contributed by atoms with Crippen LogP contribution < -0.4 is 5.56 Å². The Morgan fingerprint density at radius 2 is 2.18 bits per heavy atom. The number of aliphatic imine (C=N–C) groups is 1. The normalized spacial score (nSPS) is 18.8. The van der Waals surface area contributed by atoms with Gasteiger partial charge in [0.25, 0.3) is 5.56 Å². The van der Waals surface area contributed by atoms with Crippen LogP contribution in [0.15, 0.2) is 40.1 Å². The van der Waals surface area contributed by atoms with Gasteiger partial charge in [-0.05, 0) is 38.8 Å². The molecular weight excluding hydrogens is 278 g/mol. The Morgan fingerprint density at radius 3 is 2.86 bits per heavy atom. The number of rotatable bonds is 4. The molecule has 2 heterocycles. The second kappa shape index (κ2) is 6.32. The van der Waals surface area contributed by atoms with E-state index >= 15 is 0 Å². The van der Waals surface area contributed by atoms with Gasteiger partial charge in [0.15, 0.2) is 0 Å². The van der Waals surface area contributed by atoms with Crippen LogP contribution in [0, 0.1) is 6.92 Å². The van der Waals surface area contributed by atoms with Crippen molar-refractivity contribution in [2.75, 3.05) is 13.2 Å². The summed E-state index contributed by atoms with van der Waals surface area (Å²) in [5.74, 6) is 0. The summed E-state index contributed by atoms with van der Waals surface area (Å²) in [6.45, 7) is 5.24. The van der Waals surface area contributed by atoms with Crippen LogP contribution in [0.4, 0.5) is 0 Å². The third kappa shape index (κ3) is 2.90. The highest BCUT2D eigenvalue weighted by molar-refractivity contribution is 5.99. The van der Waals surface area contributed by atoms with Crippen molar-refractivity contribution in [3.05, 3.63) is 51.9 Å². The third-order valence-corrected chi connectivity index (χ3v) is 4.00. The average Bonchev–Trinajstić information content (AvgIpc) is 3.14. The monoisotopic (exact) mass is 299 g/mol. The van der Waals surface area contributed by atoms with Crippen molar-refractivity contribution in [3.63, 3.8) is 0 Å². The van der Waals surface area contributed by atoms with Crippen LogP contribution in [0.2, 0.25) is 0 Å². The van der Waals surface area contributed by atoms with E-state index in [0.29, 0.717) is 12.1 Å². The van der Waals surface area contributed by atoms with Crippen LogP contribution in [-0.2, 0) is 4.74 Å². The number of benzene rings is 1. The second-order valence-electron chi connectivity index (χ2n) is 5.65. The molecule has 1 aromatic heterocycles. The molecule has 0 bridgehead atoms. The lowest BCUT2D eigenvalue weighted by atomic mass is 10.1. The first kappa shape index (κ1) is 14.8. The smallest absolute Gasteiger partial charge is 0.280 e. The van der Waals surface area contributed by atoms with E-state index in [1.807, 2.05) is 44.2 Å². The van der Waals surface area contributed by atoms with E-state index in [9.17, 15) is 4.79 Å². The maximum atomic E-state index is 12.6. The van der Waals surface area contributed by atoms with E-state index in [4.69, 9.17) is 4.74 Å². The minimum atomic E-state index is -0.0581. The standard InChI is InChI=1S/C17H21N3O2/c1-12(18-11-15-9-6-10-22-15)16-13(2)19-20(17(16)21)14-7-4-3-5-8-14/h3-5,7-8,15,19H,6,9-11H2,1-2H3. The Bertz CT molecular complexity index is 722. The Morgan fingerprint density at radius 1 is 1.41 bits per heavy atom.